The Morgan fingerprint density at radius 2 is 1.91 bits per heavy atom. The van der Waals surface area contributed by atoms with E-state index in [0.717, 1.165) is 0 Å². The molecule has 11 heavy (non-hydrogen) atoms. The second-order valence-electron chi connectivity index (χ2n) is 2.10. The fraction of sp³-hybridized carbons (Fsp3) is 0.800. The summed E-state index contributed by atoms with van der Waals surface area (Å²) in [6.45, 7) is -0.720. The smallest absolute Gasteiger partial charge is 0.323 e. The molecule has 0 aromatic rings. The van der Waals surface area contributed by atoms with Gasteiger partial charge in [0.1, 0.15) is 18.2 Å². The second kappa shape index (κ2) is 4.24. The van der Waals surface area contributed by atoms with Gasteiger partial charge in [0, 0.05) is 0 Å². The first kappa shape index (κ1) is 10.3. The van der Waals surface area contributed by atoms with Crippen molar-refractivity contribution in [2.45, 2.75) is 18.2 Å². The molecule has 0 aliphatic carbocycles. The molecule has 0 bridgehead atoms. The SMILES string of the molecule is N[C@H](C(=O)O)[C@H](O)[C@H](O)CO. The molecule has 0 unspecified atom stereocenters. The monoisotopic (exact) mass is 165 g/mol. The standard InChI is InChI=1S/C5H11NO5/c6-3(5(10)11)4(9)2(8)1-7/h2-4,7-9H,1,6H2,(H,10,11)/t2-,3+,4-/m1/s1. The summed E-state index contributed by atoms with van der Waals surface area (Å²) in [7, 11) is 0. The van der Waals surface area contributed by atoms with Gasteiger partial charge in [-0.1, -0.05) is 0 Å². The Morgan fingerprint density at radius 3 is 2.18 bits per heavy atom. The van der Waals surface area contributed by atoms with Crippen molar-refractivity contribution in [1.82, 2.24) is 0 Å². The molecule has 3 atom stereocenters. The van der Waals surface area contributed by atoms with Crippen molar-refractivity contribution in [3.63, 3.8) is 0 Å². The van der Waals surface area contributed by atoms with E-state index in [9.17, 15) is 4.79 Å². The fourth-order valence-electron chi connectivity index (χ4n) is 0.493. The lowest BCUT2D eigenvalue weighted by Crippen LogP contribution is -2.49. The molecule has 0 rings (SSSR count). The van der Waals surface area contributed by atoms with Gasteiger partial charge in [0.2, 0.25) is 0 Å². The summed E-state index contributed by atoms with van der Waals surface area (Å²) < 4.78 is 0. The van der Waals surface area contributed by atoms with E-state index in [0.29, 0.717) is 0 Å². The van der Waals surface area contributed by atoms with Gasteiger partial charge in [-0.05, 0) is 0 Å². The molecule has 0 fully saturated rings. The normalized spacial score (nSPS) is 18.9. The number of hydrogen-bond acceptors (Lipinski definition) is 5. The first-order valence-electron chi connectivity index (χ1n) is 2.96. The van der Waals surface area contributed by atoms with Crippen LogP contribution in [0.4, 0.5) is 0 Å². The molecule has 66 valence electrons. The molecule has 0 aromatic heterocycles. The van der Waals surface area contributed by atoms with Gasteiger partial charge in [-0.3, -0.25) is 4.79 Å². The number of rotatable bonds is 4. The molecule has 0 radical (unpaired) electrons. The summed E-state index contributed by atoms with van der Waals surface area (Å²) in [5, 5.41) is 34.0. The molecule has 0 aromatic carbocycles. The highest BCUT2D eigenvalue weighted by molar-refractivity contribution is 5.73. The third kappa shape index (κ3) is 2.81. The van der Waals surface area contributed by atoms with Crippen LogP contribution < -0.4 is 5.73 Å². The maximum Gasteiger partial charge on any atom is 0.323 e. The number of aliphatic hydroxyl groups is 3. The minimum Gasteiger partial charge on any atom is -0.480 e. The van der Waals surface area contributed by atoms with E-state index in [1.54, 1.807) is 0 Å². The number of carbonyl (C=O) groups is 1. The minimum atomic E-state index is -1.64. The van der Waals surface area contributed by atoms with E-state index < -0.39 is 30.8 Å². The predicted molar refractivity (Wildman–Crippen MR) is 34.7 cm³/mol. The van der Waals surface area contributed by atoms with Gasteiger partial charge < -0.3 is 26.2 Å². The molecule has 0 saturated heterocycles. The van der Waals surface area contributed by atoms with E-state index in [2.05, 4.69) is 0 Å². The Bertz CT molecular complexity index is 139. The zero-order valence-corrected chi connectivity index (χ0v) is 5.71. The van der Waals surface area contributed by atoms with Gasteiger partial charge in [0.15, 0.2) is 0 Å². The van der Waals surface area contributed by atoms with Gasteiger partial charge in [0.05, 0.1) is 6.61 Å². The summed E-state index contributed by atoms with van der Waals surface area (Å²) in [6.07, 6.45) is -3.15. The summed E-state index contributed by atoms with van der Waals surface area (Å²) in [4.78, 5) is 10.1. The van der Waals surface area contributed by atoms with Crippen LogP contribution in [-0.4, -0.2) is 51.3 Å². The first-order chi connectivity index (χ1) is 5.00. The number of aliphatic hydroxyl groups excluding tert-OH is 3. The molecule has 0 amide bonds. The van der Waals surface area contributed by atoms with Gasteiger partial charge >= 0.3 is 5.97 Å². The zero-order chi connectivity index (χ0) is 9.02. The van der Waals surface area contributed by atoms with Crippen molar-refractivity contribution < 1.29 is 25.2 Å². The average molecular weight is 165 g/mol. The van der Waals surface area contributed by atoms with Gasteiger partial charge in [-0.15, -0.1) is 0 Å². The highest BCUT2D eigenvalue weighted by Crippen LogP contribution is 1.97. The summed E-state index contributed by atoms with van der Waals surface area (Å²) in [5.41, 5.74) is 4.92. The third-order valence-corrected chi connectivity index (χ3v) is 1.23. The van der Waals surface area contributed by atoms with Crippen LogP contribution in [-0.2, 0) is 4.79 Å². The van der Waals surface area contributed by atoms with E-state index in [1.165, 1.54) is 0 Å². The first-order valence-corrected chi connectivity index (χ1v) is 2.96. The summed E-state index contributed by atoms with van der Waals surface area (Å²) >= 11 is 0. The number of aliphatic carboxylic acids is 1. The topological polar surface area (TPSA) is 124 Å². The zero-order valence-electron chi connectivity index (χ0n) is 5.71. The third-order valence-electron chi connectivity index (χ3n) is 1.23. The van der Waals surface area contributed by atoms with Crippen LogP contribution in [0.15, 0.2) is 0 Å². The van der Waals surface area contributed by atoms with Crippen LogP contribution in [0.5, 0.6) is 0 Å². The predicted octanol–water partition coefficient (Wildman–Crippen LogP) is -2.89. The Balaban J connectivity index is 4.00. The maximum absolute atomic E-state index is 10.1. The van der Waals surface area contributed by atoms with Crippen LogP contribution >= 0.6 is 0 Å². The second-order valence-corrected chi connectivity index (χ2v) is 2.10. The molecule has 0 aliphatic heterocycles. The Kier molecular flexibility index (Phi) is 3.98. The van der Waals surface area contributed by atoms with E-state index in [-0.39, 0.29) is 0 Å². The average Bonchev–Trinajstić information content (AvgIpc) is 2.00. The van der Waals surface area contributed by atoms with Crippen molar-refractivity contribution in [3.8, 4) is 0 Å². The molecule has 0 aliphatic rings. The van der Waals surface area contributed by atoms with Crippen LogP contribution in [0.2, 0.25) is 0 Å². The van der Waals surface area contributed by atoms with Crippen LogP contribution in [0.1, 0.15) is 0 Å². The van der Waals surface area contributed by atoms with Crippen molar-refractivity contribution in [2.75, 3.05) is 6.61 Å². The van der Waals surface area contributed by atoms with Crippen LogP contribution in [0.3, 0.4) is 0 Å². The van der Waals surface area contributed by atoms with E-state index >= 15 is 0 Å². The maximum atomic E-state index is 10.1. The van der Waals surface area contributed by atoms with E-state index in [1.807, 2.05) is 0 Å². The summed E-state index contributed by atoms with van der Waals surface area (Å²) in [5.74, 6) is -1.43. The molecule has 6 nitrogen and oxygen atoms in total. The summed E-state index contributed by atoms with van der Waals surface area (Å²) in [6, 6.07) is -1.57. The Morgan fingerprint density at radius 1 is 1.45 bits per heavy atom. The molecule has 0 saturated carbocycles. The number of hydrogen-bond donors (Lipinski definition) is 5. The van der Waals surface area contributed by atoms with Gasteiger partial charge in [-0.25, -0.2) is 0 Å². The Labute approximate surface area is 62.9 Å². The minimum absolute atomic E-state index is 0.720. The molecule has 0 heterocycles. The van der Waals surface area contributed by atoms with E-state index in [4.69, 9.17) is 26.2 Å². The molecule has 6 N–H and O–H groups in total. The van der Waals surface area contributed by atoms with Crippen LogP contribution in [0, 0.1) is 0 Å². The molecular weight excluding hydrogens is 154 g/mol. The molecule has 6 heteroatoms. The Hall–Kier alpha value is -0.690. The lowest BCUT2D eigenvalue weighted by molar-refractivity contribution is -0.144. The van der Waals surface area contributed by atoms with Crippen molar-refractivity contribution in [1.29, 1.82) is 0 Å². The number of carboxylic acid groups (broad SMARTS) is 1. The quantitative estimate of drug-likeness (QED) is 0.304. The number of nitrogens with two attached hydrogens (primary N) is 1. The van der Waals surface area contributed by atoms with Gasteiger partial charge in [0.25, 0.3) is 0 Å². The largest absolute Gasteiger partial charge is 0.480 e. The molecular formula is C5H11NO5. The van der Waals surface area contributed by atoms with Crippen LogP contribution in [0.25, 0.3) is 0 Å². The fourth-order valence-corrected chi connectivity index (χ4v) is 0.493. The lowest BCUT2D eigenvalue weighted by Gasteiger charge is -2.18. The van der Waals surface area contributed by atoms with Crippen molar-refractivity contribution in [3.05, 3.63) is 0 Å². The number of carboxylic acids is 1. The highest BCUT2D eigenvalue weighted by Gasteiger charge is 2.27. The van der Waals surface area contributed by atoms with Gasteiger partial charge in [-0.2, -0.15) is 0 Å². The lowest BCUT2D eigenvalue weighted by atomic mass is 10.1. The van der Waals surface area contributed by atoms with Crippen molar-refractivity contribution >= 4 is 5.97 Å². The molecule has 0 spiro atoms. The van der Waals surface area contributed by atoms with Crippen molar-refractivity contribution in [2.24, 2.45) is 5.73 Å². The highest BCUT2D eigenvalue weighted by atomic mass is 16.4.